The van der Waals surface area contributed by atoms with Gasteiger partial charge >= 0.3 is 6.18 Å². The van der Waals surface area contributed by atoms with Crippen molar-refractivity contribution in [1.29, 1.82) is 0 Å². The quantitative estimate of drug-likeness (QED) is 0.815. The molecule has 0 N–H and O–H groups in total. The van der Waals surface area contributed by atoms with Gasteiger partial charge < -0.3 is 9.32 Å². The molecule has 2 aromatic rings. The minimum Gasteiger partial charge on any atom is -0.467 e. The second kappa shape index (κ2) is 6.34. The fraction of sp³-hybridized carbons (Fsp3) is 0.214. The van der Waals surface area contributed by atoms with Gasteiger partial charge in [-0.25, -0.2) is 0 Å². The Morgan fingerprint density at radius 2 is 2.00 bits per heavy atom. The molecule has 1 aromatic carbocycles. The van der Waals surface area contributed by atoms with E-state index in [-0.39, 0.29) is 12.1 Å². The number of furan rings is 1. The zero-order valence-electron chi connectivity index (χ0n) is 10.7. The summed E-state index contributed by atoms with van der Waals surface area (Å²) in [6, 6.07) is 9.32. The van der Waals surface area contributed by atoms with Crippen molar-refractivity contribution in [3.63, 3.8) is 0 Å². The van der Waals surface area contributed by atoms with Crippen LogP contribution in [0.5, 0.6) is 0 Å². The van der Waals surface area contributed by atoms with Gasteiger partial charge in [0.25, 0.3) is 5.91 Å². The van der Waals surface area contributed by atoms with Crippen molar-refractivity contribution in [3.05, 3.63) is 58.5 Å². The number of rotatable bonds is 4. The lowest BCUT2D eigenvalue weighted by molar-refractivity contribution is -0.142. The molecule has 0 saturated carbocycles. The highest BCUT2D eigenvalue weighted by Crippen LogP contribution is 2.21. The predicted molar refractivity (Wildman–Crippen MR) is 73.6 cm³/mol. The summed E-state index contributed by atoms with van der Waals surface area (Å²) in [6.45, 7) is -1.57. The van der Waals surface area contributed by atoms with E-state index in [0.717, 1.165) is 0 Å². The Labute approximate surface area is 127 Å². The van der Waals surface area contributed by atoms with E-state index in [1.165, 1.54) is 24.5 Å². The lowest BCUT2D eigenvalue weighted by Crippen LogP contribution is -2.38. The molecule has 1 aromatic heterocycles. The van der Waals surface area contributed by atoms with Crippen LogP contribution in [0.2, 0.25) is 0 Å². The molecule has 112 valence electrons. The van der Waals surface area contributed by atoms with E-state index in [4.69, 9.17) is 4.42 Å². The van der Waals surface area contributed by atoms with Crippen molar-refractivity contribution in [1.82, 2.24) is 4.90 Å². The summed E-state index contributed by atoms with van der Waals surface area (Å²) in [5.74, 6) is -0.410. The molecule has 2 rings (SSSR count). The van der Waals surface area contributed by atoms with E-state index in [9.17, 15) is 18.0 Å². The predicted octanol–water partition coefficient (Wildman–Crippen LogP) is 4.25. The van der Waals surface area contributed by atoms with E-state index in [1.54, 1.807) is 18.2 Å². The third-order valence-corrected chi connectivity index (χ3v) is 3.15. The van der Waals surface area contributed by atoms with Crippen LogP contribution in [0.15, 0.2) is 51.6 Å². The van der Waals surface area contributed by atoms with Crippen LogP contribution in [0.4, 0.5) is 13.2 Å². The van der Waals surface area contributed by atoms with Crippen LogP contribution in [0.25, 0.3) is 0 Å². The molecule has 0 aliphatic heterocycles. The SMILES string of the molecule is O=C(c1cccc(Br)c1)N(Cc1ccco1)CC(F)(F)F. The van der Waals surface area contributed by atoms with Crippen LogP contribution in [-0.4, -0.2) is 23.5 Å². The Bertz CT molecular complexity index is 611. The van der Waals surface area contributed by atoms with Crippen LogP contribution < -0.4 is 0 Å². The number of nitrogens with zero attached hydrogens (tertiary/aromatic N) is 1. The molecule has 0 spiro atoms. The Morgan fingerprint density at radius 1 is 1.24 bits per heavy atom. The molecule has 0 unspecified atom stereocenters. The number of alkyl halides is 3. The molecular formula is C14H11BrF3NO2. The zero-order valence-corrected chi connectivity index (χ0v) is 12.3. The molecule has 0 bridgehead atoms. The molecule has 0 aliphatic rings. The second-order valence-corrected chi connectivity index (χ2v) is 5.28. The largest absolute Gasteiger partial charge is 0.467 e. The standard InChI is InChI=1S/C14H11BrF3NO2/c15-11-4-1-3-10(7-11)13(20)19(9-14(16,17)18)8-12-5-2-6-21-12/h1-7H,8-9H2. The molecule has 0 atom stereocenters. The molecule has 0 aliphatic carbocycles. The highest BCUT2D eigenvalue weighted by Gasteiger charge is 2.33. The molecular weight excluding hydrogens is 351 g/mol. The maximum absolute atomic E-state index is 12.7. The first-order valence-electron chi connectivity index (χ1n) is 5.99. The first-order chi connectivity index (χ1) is 9.85. The first-order valence-corrected chi connectivity index (χ1v) is 6.78. The molecule has 0 radical (unpaired) electrons. The monoisotopic (exact) mass is 361 g/mol. The molecule has 1 amide bonds. The number of carbonyl (C=O) groups is 1. The lowest BCUT2D eigenvalue weighted by Gasteiger charge is -2.23. The number of halogens is 4. The Kier molecular flexibility index (Phi) is 4.72. The van der Waals surface area contributed by atoms with E-state index in [1.807, 2.05) is 0 Å². The fourth-order valence-electron chi connectivity index (χ4n) is 1.81. The minimum atomic E-state index is -4.48. The number of hydrogen-bond donors (Lipinski definition) is 0. The van der Waals surface area contributed by atoms with Gasteiger partial charge in [0.1, 0.15) is 12.3 Å². The number of carbonyl (C=O) groups excluding carboxylic acids is 1. The summed E-state index contributed by atoms with van der Waals surface area (Å²) in [7, 11) is 0. The van der Waals surface area contributed by atoms with Crippen molar-refractivity contribution in [2.24, 2.45) is 0 Å². The molecule has 7 heteroatoms. The third kappa shape index (κ3) is 4.63. The van der Waals surface area contributed by atoms with Gasteiger partial charge in [0.15, 0.2) is 0 Å². The van der Waals surface area contributed by atoms with Crippen molar-refractivity contribution in [2.75, 3.05) is 6.54 Å². The molecule has 21 heavy (non-hydrogen) atoms. The highest BCUT2D eigenvalue weighted by molar-refractivity contribution is 9.10. The van der Waals surface area contributed by atoms with E-state index < -0.39 is 18.6 Å². The van der Waals surface area contributed by atoms with E-state index >= 15 is 0 Å². The van der Waals surface area contributed by atoms with Gasteiger partial charge in [-0.15, -0.1) is 0 Å². The summed E-state index contributed by atoms with van der Waals surface area (Å²) in [5.41, 5.74) is 0.181. The smallest absolute Gasteiger partial charge is 0.406 e. The van der Waals surface area contributed by atoms with Crippen LogP contribution in [0.1, 0.15) is 16.1 Å². The topological polar surface area (TPSA) is 33.5 Å². The number of amides is 1. The zero-order chi connectivity index (χ0) is 15.5. The van der Waals surface area contributed by atoms with Gasteiger partial charge in [-0.1, -0.05) is 22.0 Å². The van der Waals surface area contributed by atoms with Crippen LogP contribution >= 0.6 is 15.9 Å². The van der Waals surface area contributed by atoms with Gasteiger partial charge in [0.2, 0.25) is 0 Å². The maximum atomic E-state index is 12.7. The van der Waals surface area contributed by atoms with E-state index in [2.05, 4.69) is 15.9 Å². The van der Waals surface area contributed by atoms with Crippen LogP contribution in [0, 0.1) is 0 Å². The van der Waals surface area contributed by atoms with Gasteiger partial charge in [-0.05, 0) is 30.3 Å². The van der Waals surface area contributed by atoms with Crippen molar-refractivity contribution < 1.29 is 22.4 Å². The molecule has 3 nitrogen and oxygen atoms in total. The number of hydrogen-bond acceptors (Lipinski definition) is 2. The Morgan fingerprint density at radius 3 is 2.57 bits per heavy atom. The first kappa shape index (κ1) is 15.6. The van der Waals surface area contributed by atoms with Gasteiger partial charge in [0.05, 0.1) is 12.8 Å². The minimum absolute atomic E-state index is 0.181. The Hall–Kier alpha value is -1.76. The van der Waals surface area contributed by atoms with Crippen molar-refractivity contribution >= 4 is 21.8 Å². The van der Waals surface area contributed by atoms with E-state index in [0.29, 0.717) is 15.1 Å². The average Bonchev–Trinajstić information content (AvgIpc) is 2.88. The summed E-state index contributed by atoms with van der Waals surface area (Å²) in [4.78, 5) is 13.0. The summed E-state index contributed by atoms with van der Waals surface area (Å²) < 4.78 is 43.6. The van der Waals surface area contributed by atoms with Gasteiger partial charge in [-0.2, -0.15) is 13.2 Å². The molecule has 0 fully saturated rings. The lowest BCUT2D eigenvalue weighted by atomic mass is 10.2. The molecule has 0 saturated heterocycles. The second-order valence-electron chi connectivity index (χ2n) is 4.37. The normalized spacial score (nSPS) is 11.4. The molecule has 1 heterocycles. The summed E-state index contributed by atoms with van der Waals surface area (Å²) in [6.07, 6.45) is -3.13. The van der Waals surface area contributed by atoms with Crippen molar-refractivity contribution in [3.8, 4) is 0 Å². The van der Waals surface area contributed by atoms with Gasteiger partial charge in [-0.3, -0.25) is 4.79 Å². The maximum Gasteiger partial charge on any atom is 0.406 e. The average molecular weight is 362 g/mol. The van der Waals surface area contributed by atoms with Crippen LogP contribution in [-0.2, 0) is 6.54 Å². The van der Waals surface area contributed by atoms with Gasteiger partial charge in [0, 0.05) is 10.0 Å². The summed E-state index contributed by atoms with van der Waals surface area (Å²) >= 11 is 3.19. The number of benzene rings is 1. The highest BCUT2D eigenvalue weighted by atomic mass is 79.9. The fourth-order valence-corrected chi connectivity index (χ4v) is 2.21. The Balaban J connectivity index is 2.23. The van der Waals surface area contributed by atoms with Crippen molar-refractivity contribution in [2.45, 2.75) is 12.7 Å². The third-order valence-electron chi connectivity index (χ3n) is 2.66. The summed E-state index contributed by atoms with van der Waals surface area (Å²) in [5, 5.41) is 0. The van der Waals surface area contributed by atoms with Crippen LogP contribution in [0.3, 0.4) is 0 Å².